The van der Waals surface area contributed by atoms with Crippen LogP contribution in [-0.2, 0) is 10.1 Å². The summed E-state index contributed by atoms with van der Waals surface area (Å²) in [6.07, 6.45) is 0.922. The van der Waals surface area contributed by atoms with E-state index in [0.29, 0.717) is 6.61 Å². The average molecular weight is 352 g/mol. The Hall–Kier alpha value is -0.0600. The minimum Gasteiger partial charge on any atom is -0.493 e. The molecule has 0 radical (unpaired) electrons. The lowest BCUT2D eigenvalue weighted by atomic mass is 10.2. The van der Waals surface area contributed by atoms with Gasteiger partial charge in [0.15, 0.2) is 0 Å². The lowest BCUT2D eigenvalue weighted by molar-refractivity contribution is 0.130. The molecule has 90 valence electrons. The van der Waals surface area contributed by atoms with Crippen LogP contribution in [0, 0.1) is 0 Å². The fourth-order valence-corrected chi connectivity index (χ4v) is 2.13. The zero-order valence-electron chi connectivity index (χ0n) is 9.34. The molecule has 0 aliphatic carbocycles. The van der Waals surface area contributed by atoms with Gasteiger partial charge in [0.25, 0.3) is 0 Å². The quantitative estimate of drug-likeness (QED) is 0.542. The summed E-state index contributed by atoms with van der Waals surface area (Å²) < 4.78 is 12.0. The summed E-state index contributed by atoms with van der Waals surface area (Å²) in [6, 6.07) is 6.04. The van der Waals surface area contributed by atoms with Crippen molar-refractivity contribution in [2.45, 2.75) is 18.7 Å². The third-order valence-electron chi connectivity index (χ3n) is 2.06. The Morgan fingerprint density at radius 1 is 1.25 bits per heavy atom. The van der Waals surface area contributed by atoms with Crippen LogP contribution in [0.1, 0.15) is 18.9 Å². The average Bonchev–Trinajstić information content (AvgIpc) is 2.30. The molecule has 0 atom stereocenters. The van der Waals surface area contributed by atoms with Crippen LogP contribution in [0.3, 0.4) is 0 Å². The van der Waals surface area contributed by atoms with Gasteiger partial charge in [-0.15, -0.1) is 0 Å². The number of benzene rings is 1. The van der Waals surface area contributed by atoms with Crippen LogP contribution in [0.25, 0.3) is 0 Å². The summed E-state index contributed by atoms with van der Waals surface area (Å²) in [5.41, 5.74) is 1.16. The molecule has 0 aromatic heterocycles. The summed E-state index contributed by atoms with van der Waals surface area (Å²) in [4.78, 5) is 0. The topological polar surface area (TPSA) is 18.5 Å². The molecule has 0 N–H and O–H groups in total. The molecule has 0 bridgehead atoms. The fourth-order valence-electron chi connectivity index (χ4n) is 1.28. The normalized spacial score (nSPS) is 10.4. The molecule has 2 nitrogen and oxygen atoms in total. The maximum atomic E-state index is 5.70. The van der Waals surface area contributed by atoms with E-state index in [0.717, 1.165) is 40.8 Å². The Kier molecular flexibility index (Phi) is 7.08. The standard InChI is InChI=1S/C12H16Br2O2/c1-2-15-6-3-7-16-12-5-4-11(14)8-10(12)9-13/h4-5,8H,2-3,6-7,9H2,1H3. The predicted octanol–water partition coefficient (Wildman–Crippen LogP) is 4.15. The van der Waals surface area contributed by atoms with Gasteiger partial charge < -0.3 is 9.47 Å². The van der Waals surface area contributed by atoms with Gasteiger partial charge >= 0.3 is 0 Å². The summed E-state index contributed by atoms with van der Waals surface area (Å²) in [6.45, 7) is 4.22. The van der Waals surface area contributed by atoms with Crippen LogP contribution < -0.4 is 4.74 Å². The van der Waals surface area contributed by atoms with Crippen molar-refractivity contribution in [1.82, 2.24) is 0 Å². The highest BCUT2D eigenvalue weighted by Gasteiger charge is 2.03. The highest BCUT2D eigenvalue weighted by molar-refractivity contribution is 9.10. The van der Waals surface area contributed by atoms with Crippen LogP contribution in [0.4, 0.5) is 0 Å². The second-order valence-corrected chi connectivity index (χ2v) is 4.76. The highest BCUT2D eigenvalue weighted by atomic mass is 79.9. The first-order chi connectivity index (χ1) is 7.77. The van der Waals surface area contributed by atoms with Gasteiger partial charge in [0, 0.05) is 35.0 Å². The molecule has 1 aromatic carbocycles. The van der Waals surface area contributed by atoms with Gasteiger partial charge in [-0.2, -0.15) is 0 Å². The van der Waals surface area contributed by atoms with Crippen LogP contribution >= 0.6 is 31.9 Å². The fraction of sp³-hybridized carbons (Fsp3) is 0.500. The second kappa shape index (κ2) is 8.09. The number of hydrogen-bond donors (Lipinski definition) is 0. The molecule has 16 heavy (non-hydrogen) atoms. The molecule has 0 unspecified atom stereocenters. The Balaban J connectivity index is 2.41. The molecule has 0 fully saturated rings. The number of rotatable bonds is 7. The lowest BCUT2D eigenvalue weighted by Gasteiger charge is -2.10. The molecule has 0 amide bonds. The number of hydrogen-bond acceptors (Lipinski definition) is 2. The summed E-state index contributed by atoms with van der Waals surface area (Å²) in [5.74, 6) is 0.941. The van der Waals surface area contributed by atoms with Crippen LogP contribution in [-0.4, -0.2) is 19.8 Å². The Bertz CT molecular complexity index is 316. The molecule has 1 aromatic rings. The Labute approximate surface area is 114 Å². The summed E-state index contributed by atoms with van der Waals surface area (Å²) >= 11 is 6.89. The van der Waals surface area contributed by atoms with E-state index < -0.39 is 0 Å². The third kappa shape index (κ3) is 4.85. The number of alkyl halides is 1. The first-order valence-corrected chi connectivity index (χ1v) is 7.24. The Morgan fingerprint density at radius 3 is 2.75 bits per heavy atom. The van der Waals surface area contributed by atoms with Gasteiger partial charge in [-0.25, -0.2) is 0 Å². The largest absolute Gasteiger partial charge is 0.493 e. The van der Waals surface area contributed by atoms with Gasteiger partial charge in [0.2, 0.25) is 0 Å². The summed E-state index contributed by atoms with van der Waals surface area (Å²) in [5, 5.41) is 0.799. The highest BCUT2D eigenvalue weighted by Crippen LogP contribution is 2.25. The number of ether oxygens (including phenoxy) is 2. The van der Waals surface area contributed by atoms with Crippen molar-refractivity contribution in [3.8, 4) is 5.75 Å². The second-order valence-electron chi connectivity index (χ2n) is 3.28. The van der Waals surface area contributed by atoms with Crippen LogP contribution in [0.2, 0.25) is 0 Å². The third-order valence-corrected chi connectivity index (χ3v) is 3.16. The molecule has 0 saturated carbocycles. The smallest absolute Gasteiger partial charge is 0.123 e. The maximum absolute atomic E-state index is 5.70. The minimum absolute atomic E-state index is 0.696. The monoisotopic (exact) mass is 350 g/mol. The van der Waals surface area contributed by atoms with Crippen molar-refractivity contribution >= 4 is 31.9 Å². The van der Waals surface area contributed by atoms with E-state index in [-0.39, 0.29) is 0 Å². The maximum Gasteiger partial charge on any atom is 0.123 e. The van der Waals surface area contributed by atoms with Crippen molar-refractivity contribution in [1.29, 1.82) is 0 Å². The van der Waals surface area contributed by atoms with E-state index >= 15 is 0 Å². The zero-order chi connectivity index (χ0) is 11.8. The molecule has 0 aliphatic rings. The van der Waals surface area contributed by atoms with E-state index in [1.807, 2.05) is 19.1 Å². The SMILES string of the molecule is CCOCCCOc1ccc(Br)cc1CBr. The van der Waals surface area contributed by atoms with E-state index in [2.05, 4.69) is 37.9 Å². The van der Waals surface area contributed by atoms with E-state index in [1.165, 1.54) is 0 Å². The van der Waals surface area contributed by atoms with Crippen LogP contribution in [0.15, 0.2) is 22.7 Å². The van der Waals surface area contributed by atoms with Crippen molar-refractivity contribution in [2.75, 3.05) is 19.8 Å². The van der Waals surface area contributed by atoms with Gasteiger partial charge in [0.05, 0.1) is 6.61 Å². The molecule has 0 saturated heterocycles. The minimum atomic E-state index is 0.696. The Morgan fingerprint density at radius 2 is 2.06 bits per heavy atom. The zero-order valence-corrected chi connectivity index (χ0v) is 12.5. The van der Waals surface area contributed by atoms with Gasteiger partial charge in [0.1, 0.15) is 5.75 Å². The van der Waals surface area contributed by atoms with Gasteiger partial charge in [-0.05, 0) is 25.1 Å². The van der Waals surface area contributed by atoms with Crippen LogP contribution in [0.5, 0.6) is 5.75 Å². The number of halogens is 2. The van der Waals surface area contributed by atoms with E-state index in [1.54, 1.807) is 0 Å². The lowest BCUT2D eigenvalue weighted by Crippen LogP contribution is -2.04. The molecule has 1 rings (SSSR count). The molecule has 4 heteroatoms. The van der Waals surface area contributed by atoms with E-state index in [4.69, 9.17) is 9.47 Å². The molecular weight excluding hydrogens is 336 g/mol. The first-order valence-electron chi connectivity index (χ1n) is 5.33. The molecule has 0 aliphatic heterocycles. The molecular formula is C12H16Br2O2. The van der Waals surface area contributed by atoms with Crippen molar-refractivity contribution < 1.29 is 9.47 Å². The summed E-state index contributed by atoms with van der Waals surface area (Å²) in [7, 11) is 0. The first kappa shape index (κ1) is 14.0. The molecule has 0 heterocycles. The van der Waals surface area contributed by atoms with E-state index in [9.17, 15) is 0 Å². The molecule has 0 spiro atoms. The van der Waals surface area contributed by atoms with Crippen molar-refractivity contribution in [3.05, 3.63) is 28.2 Å². The van der Waals surface area contributed by atoms with Crippen molar-refractivity contribution in [3.63, 3.8) is 0 Å². The van der Waals surface area contributed by atoms with Gasteiger partial charge in [-0.1, -0.05) is 31.9 Å². The predicted molar refractivity (Wildman–Crippen MR) is 73.4 cm³/mol. The van der Waals surface area contributed by atoms with Crippen molar-refractivity contribution in [2.24, 2.45) is 0 Å². The van der Waals surface area contributed by atoms with Gasteiger partial charge in [-0.3, -0.25) is 0 Å².